The predicted molar refractivity (Wildman–Crippen MR) is 94.6 cm³/mol. The van der Waals surface area contributed by atoms with Gasteiger partial charge in [-0.1, -0.05) is 26.8 Å². The molecule has 3 saturated carbocycles. The van der Waals surface area contributed by atoms with Crippen molar-refractivity contribution in [3.63, 3.8) is 0 Å². The lowest BCUT2D eigenvalue weighted by Crippen LogP contribution is -2.60. The van der Waals surface area contributed by atoms with E-state index in [0.29, 0.717) is 5.92 Å². The van der Waals surface area contributed by atoms with E-state index in [1.54, 1.807) is 13.2 Å². The minimum absolute atomic E-state index is 0.0504. The van der Waals surface area contributed by atoms with E-state index in [2.05, 4.69) is 27.4 Å². The first-order valence-electron chi connectivity index (χ1n) is 9.41. The van der Waals surface area contributed by atoms with Gasteiger partial charge in [-0.05, 0) is 43.9 Å². The van der Waals surface area contributed by atoms with E-state index in [-0.39, 0.29) is 41.3 Å². The minimum Gasteiger partial charge on any atom is -0.381 e. The van der Waals surface area contributed by atoms with Crippen LogP contribution in [0.1, 0.15) is 59.8 Å². The van der Waals surface area contributed by atoms with Crippen molar-refractivity contribution in [2.45, 2.75) is 65.9 Å². The average molecular weight is 332 g/mol. The molecule has 0 aliphatic heterocycles. The fourth-order valence-electron chi connectivity index (χ4n) is 6.40. The highest BCUT2D eigenvalue weighted by Gasteiger charge is 2.67. The number of ketones is 2. The van der Waals surface area contributed by atoms with Crippen LogP contribution in [0, 0.1) is 34.0 Å². The highest BCUT2D eigenvalue weighted by molar-refractivity contribution is 5.97. The number of hydrogen-bond donors (Lipinski definition) is 0. The third-order valence-electron chi connectivity index (χ3n) is 8.30. The van der Waals surface area contributed by atoms with Crippen LogP contribution in [0.2, 0.25) is 0 Å². The molecule has 0 amide bonds. The molecule has 0 aromatic carbocycles. The van der Waals surface area contributed by atoms with Crippen LogP contribution >= 0.6 is 0 Å². The fourth-order valence-corrected chi connectivity index (χ4v) is 6.40. The van der Waals surface area contributed by atoms with Crippen LogP contribution in [-0.4, -0.2) is 24.8 Å². The summed E-state index contributed by atoms with van der Waals surface area (Å²) in [7, 11) is 1.76. The molecule has 3 heteroatoms. The summed E-state index contributed by atoms with van der Waals surface area (Å²) in [5.41, 5.74) is -1.24. The molecule has 3 rings (SSSR count). The maximum absolute atomic E-state index is 13.5. The van der Waals surface area contributed by atoms with Gasteiger partial charge in [-0.2, -0.15) is 0 Å². The summed E-state index contributed by atoms with van der Waals surface area (Å²) in [5, 5.41) is 0. The molecule has 134 valence electrons. The summed E-state index contributed by atoms with van der Waals surface area (Å²) < 4.78 is 5.85. The van der Waals surface area contributed by atoms with E-state index >= 15 is 0 Å². The zero-order chi connectivity index (χ0) is 17.9. The summed E-state index contributed by atoms with van der Waals surface area (Å²) in [5.74, 6) is 0.860. The minimum atomic E-state index is -0.738. The Hall–Kier alpha value is -0.960. The molecule has 24 heavy (non-hydrogen) atoms. The molecule has 0 aromatic heterocycles. The maximum Gasteiger partial charge on any atom is 0.146 e. The zero-order valence-corrected chi connectivity index (χ0v) is 15.9. The third kappa shape index (κ3) is 2.00. The molecular formula is C21H32O3. The van der Waals surface area contributed by atoms with Gasteiger partial charge in [0.05, 0.1) is 11.5 Å². The van der Waals surface area contributed by atoms with Crippen molar-refractivity contribution in [2.75, 3.05) is 7.11 Å². The average Bonchev–Trinajstić information content (AvgIpc) is 2.96. The van der Waals surface area contributed by atoms with Crippen molar-refractivity contribution >= 4 is 11.6 Å². The van der Waals surface area contributed by atoms with Gasteiger partial charge in [0, 0.05) is 30.8 Å². The Kier molecular flexibility index (Phi) is 4.11. The quantitative estimate of drug-likeness (QED) is 0.712. The molecule has 3 nitrogen and oxygen atoms in total. The molecule has 2 bridgehead atoms. The number of Topliss-reactive ketones (excluding diaryl/α,β-unsaturated/α-hetero) is 2. The van der Waals surface area contributed by atoms with Crippen LogP contribution in [-0.2, 0) is 14.3 Å². The third-order valence-corrected chi connectivity index (χ3v) is 8.30. The molecule has 3 fully saturated rings. The van der Waals surface area contributed by atoms with E-state index in [9.17, 15) is 9.59 Å². The van der Waals surface area contributed by atoms with Gasteiger partial charge in [-0.15, -0.1) is 6.58 Å². The molecular weight excluding hydrogens is 300 g/mol. The van der Waals surface area contributed by atoms with Crippen LogP contribution in [0.25, 0.3) is 0 Å². The Bertz CT molecular complexity index is 582. The first-order valence-corrected chi connectivity index (χ1v) is 9.41. The lowest BCUT2D eigenvalue weighted by Gasteiger charge is -2.58. The van der Waals surface area contributed by atoms with Crippen molar-refractivity contribution < 1.29 is 14.3 Å². The molecule has 7 atom stereocenters. The highest BCUT2D eigenvalue weighted by Crippen LogP contribution is 2.67. The fraction of sp³-hybridized carbons (Fsp3) is 0.810. The summed E-state index contributed by atoms with van der Waals surface area (Å²) >= 11 is 0. The lowest BCUT2D eigenvalue weighted by atomic mass is 9.44. The lowest BCUT2D eigenvalue weighted by molar-refractivity contribution is -0.171. The second kappa shape index (κ2) is 5.52. The van der Waals surface area contributed by atoms with Crippen molar-refractivity contribution in [1.82, 2.24) is 0 Å². The van der Waals surface area contributed by atoms with E-state index in [4.69, 9.17) is 4.74 Å². The molecule has 0 spiro atoms. The van der Waals surface area contributed by atoms with Gasteiger partial charge in [-0.3, -0.25) is 9.59 Å². The summed E-state index contributed by atoms with van der Waals surface area (Å²) in [6.07, 6.45) is 6.09. The predicted octanol–water partition coefficient (Wildman–Crippen LogP) is 4.20. The van der Waals surface area contributed by atoms with E-state index < -0.39 is 10.8 Å². The Morgan fingerprint density at radius 2 is 1.79 bits per heavy atom. The monoisotopic (exact) mass is 332 g/mol. The van der Waals surface area contributed by atoms with Crippen LogP contribution in [0.5, 0.6) is 0 Å². The van der Waals surface area contributed by atoms with Crippen molar-refractivity contribution in [3.05, 3.63) is 12.7 Å². The van der Waals surface area contributed by atoms with Gasteiger partial charge >= 0.3 is 0 Å². The standard InChI is InChI=1S/C21H32O3/c1-7-19(4)12-16(22)20(5)13(2)8-10-21(14(3)18(19)23)11-9-15(24-6)17(20)21/h7,13-15,17H,1,8-12H2,2-6H3/t13-,14+,15-,17-,19-,20+,21+/m1/s1. The SMILES string of the molecule is C=C[C@]1(C)CC(=O)[C@]2(C)[C@H](C)CC[C@]3(CC[C@@H](OC)[C@@H]32)[C@@H](C)C1=O. The highest BCUT2D eigenvalue weighted by atomic mass is 16.5. The van der Waals surface area contributed by atoms with E-state index in [0.717, 1.165) is 25.7 Å². The van der Waals surface area contributed by atoms with Crippen molar-refractivity contribution in [3.8, 4) is 0 Å². The molecule has 0 heterocycles. The number of carbonyl (C=O) groups is 2. The number of allylic oxidation sites excluding steroid dienone is 1. The molecule has 0 radical (unpaired) electrons. The van der Waals surface area contributed by atoms with Gasteiger partial charge in [0.2, 0.25) is 0 Å². The maximum atomic E-state index is 13.5. The number of methoxy groups -OCH3 is 1. The van der Waals surface area contributed by atoms with Crippen molar-refractivity contribution in [2.24, 2.45) is 34.0 Å². The Morgan fingerprint density at radius 1 is 1.17 bits per heavy atom. The van der Waals surface area contributed by atoms with Gasteiger partial charge in [0.25, 0.3) is 0 Å². The zero-order valence-electron chi connectivity index (χ0n) is 15.9. The molecule has 0 unspecified atom stereocenters. The number of rotatable bonds is 2. The normalized spacial score (nSPS) is 51.7. The second-order valence-electron chi connectivity index (χ2n) is 9.05. The molecule has 3 aliphatic rings. The van der Waals surface area contributed by atoms with E-state index in [1.165, 1.54) is 0 Å². The van der Waals surface area contributed by atoms with E-state index in [1.807, 2.05) is 6.92 Å². The molecule has 0 aromatic rings. The largest absolute Gasteiger partial charge is 0.381 e. The van der Waals surface area contributed by atoms with Gasteiger partial charge < -0.3 is 4.74 Å². The first kappa shape index (κ1) is 17.8. The summed E-state index contributed by atoms with van der Waals surface area (Å²) in [4.78, 5) is 26.8. The second-order valence-corrected chi connectivity index (χ2v) is 9.05. The van der Waals surface area contributed by atoms with Gasteiger partial charge in [0.1, 0.15) is 11.6 Å². The van der Waals surface area contributed by atoms with Crippen molar-refractivity contribution in [1.29, 1.82) is 0 Å². The first-order chi connectivity index (χ1) is 11.2. The van der Waals surface area contributed by atoms with Crippen LogP contribution in [0.3, 0.4) is 0 Å². The summed E-state index contributed by atoms with van der Waals surface area (Å²) in [6, 6.07) is 0. The Labute approximate surface area is 146 Å². The molecule has 0 saturated heterocycles. The molecule has 0 N–H and O–H groups in total. The number of carbonyl (C=O) groups excluding carboxylic acids is 2. The van der Waals surface area contributed by atoms with Gasteiger partial charge in [0.15, 0.2) is 0 Å². The van der Waals surface area contributed by atoms with Crippen LogP contribution < -0.4 is 0 Å². The van der Waals surface area contributed by atoms with Crippen LogP contribution in [0.4, 0.5) is 0 Å². The summed E-state index contributed by atoms with van der Waals surface area (Å²) in [6.45, 7) is 12.3. The molecule has 3 aliphatic carbocycles. The number of hydrogen-bond acceptors (Lipinski definition) is 3. The Morgan fingerprint density at radius 3 is 2.38 bits per heavy atom. The van der Waals surface area contributed by atoms with Crippen LogP contribution in [0.15, 0.2) is 12.7 Å². The number of ether oxygens (including phenoxy) is 1. The van der Waals surface area contributed by atoms with Gasteiger partial charge in [-0.25, -0.2) is 0 Å². The topological polar surface area (TPSA) is 43.4 Å². The Balaban J connectivity index is 2.23. The smallest absolute Gasteiger partial charge is 0.146 e.